The van der Waals surface area contributed by atoms with Crippen molar-refractivity contribution in [2.24, 2.45) is 0 Å². The Kier molecular flexibility index (Phi) is 2.38. The zero-order chi connectivity index (χ0) is 12.7. The van der Waals surface area contributed by atoms with Crippen LogP contribution in [0.15, 0.2) is 55.1 Å². The van der Waals surface area contributed by atoms with E-state index < -0.39 is 0 Å². The van der Waals surface area contributed by atoms with E-state index in [1.807, 2.05) is 0 Å². The van der Waals surface area contributed by atoms with Crippen molar-refractivity contribution >= 4 is 10.8 Å². The average molecular weight is 250 g/mol. The fourth-order valence-electron chi connectivity index (χ4n) is 2.86. The Bertz CT molecular complexity index is 683. The summed E-state index contributed by atoms with van der Waals surface area (Å²) in [6.07, 6.45) is 7.04. The molecule has 0 amide bonds. The Morgan fingerprint density at radius 2 is 2.05 bits per heavy atom. The average Bonchev–Trinajstić information content (AvgIpc) is 2.99. The molecule has 3 heteroatoms. The predicted molar refractivity (Wildman–Crippen MR) is 73.9 cm³/mol. The van der Waals surface area contributed by atoms with Gasteiger partial charge in [-0.05, 0) is 21.9 Å². The van der Waals surface area contributed by atoms with Crippen LogP contribution < -0.4 is 0 Å². The first kappa shape index (κ1) is 10.8. The lowest BCUT2D eigenvalue weighted by Gasteiger charge is -2.13. The molecular weight excluding hydrogens is 236 g/mol. The molecule has 1 N–H and O–H groups in total. The zero-order valence-corrected chi connectivity index (χ0v) is 10.4. The zero-order valence-electron chi connectivity index (χ0n) is 10.4. The van der Waals surface area contributed by atoms with Crippen LogP contribution in [0, 0.1) is 0 Å². The second-order valence-electron chi connectivity index (χ2n) is 4.92. The van der Waals surface area contributed by atoms with E-state index in [9.17, 15) is 0 Å². The summed E-state index contributed by atoms with van der Waals surface area (Å²) in [7, 11) is 0. The molecule has 5 rings (SSSR count). The van der Waals surface area contributed by atoms with Gasteiger partial charge in [-0.25, -0.2) is 4.98 Å². The van der Waals surface area contributed by atoms with E-state index >= 15 is 0 Å². The molecule has 1 aliphatic carbocycles. The predicted octanol–water partition coefficient (Wildman–Crippen LogP) is 3.25. The van der Waals surface area contributed by atoms with Crippen LogP contribution in [0.1, 0.15) is 17.2 Å². The molecular formula is C16H14N2O. The number of fused-ring (bicyclic) bond motifs is 2. The van der Waals surface area contributed by atoms with Gasteiger partial charge < -0.3 is 9.72 Å². The lowest BCUT2D eigenvalue weighted by Crippen LogP contribution is -2.03. The van der Waals surface area contributed by atoms with Crippen LogP contribution in [0.25, 0.3) is 10.8 Å². The van der Waals surface area contributed by atoms with Crippen molar-refractivity contribution in [3.63, 3.8) is 0 Å². The van der Waals surface area contributed by atoms with E-state index in [2.05, 4.69) is 46.4 Å². The molecule has 0 bridgehead atoms. The second kappa shape index (κ2) is 4.21. The highest BCUT2D eigenvalue weighted by atomic mass is 16.6. The smallest absolute Gasteiger partial charge is 0.110 e. The largest absolute Gasteiger partial charge is 0.364 e. The molecule has 2 aliphatic rings. The number of imidazole rings is 1. The van der Waals surface area contributed by atoms with E-state index in [1.165, 1.54) is 21.9 Å². The van der Waals surface area contributed by atoms with Gasteiger partial charge in [0.1, 0.15) is 6.10 Å². The normalized spacial score (nSPS) is 22.3. The summed E-state index contributed by atoms with van der Waals surface area (Å²) in [5.74, 6) is 0. The molecule has 0 spiro atoms. The van der Waals surface area contributed by atoms with Gasteiger partial charge in [-0.15, -0.1) is 0 Å². The van der Waals surface area contributed by atoms with E-state index in [1.54, 1.807) is 18.7 Å². The first-order valence-corrected chi connectivity index (χ1v) is 6.52. The maximum Gasteiger partial charge on any atom is 0.110 e. The Balaban J connectivity index is 0.000000165. The van der Waals surface area contributed by atoms with Gasteiger partial charge in [0, 0.05) is 18.8 Å². The molecule has 3 aromatic rings. The van der Waals surface area contributed by atoms with Gasteiger partial charge in [0.05, 0.1) is 12.4 Å². The molecule has 1 fully saturated rings. The van der Waals surface area contributed by atoms with Crippen molar-refractivity contribution in [3.8, 4) is 0 Å². The first-order chi connectivity index (χ1) is 9.43. The van der Waals surface area contributed by atoms with Gasteiger partial charge in [0.15, 0.2) is 0 Å². The lowest BCUT2D eigenvalue weighted by molar-refractivity contribution is 0.376. The van der Waals surface area contributed by atoms with Gasteiger partial charge in [-0.2, -0.15) is 0 Å². The molecule has 0 saturated carbocycles. The van der Waals surface area contributed by atoms with Crippen molar-refractivity contribution in [2.45, 2.75) is 18.6 Å². The highest BCUT2D eigenvalue weighted by molar-refractivity contribution is 5.90. The number of benzene rings is 2. The van der Waals surface area contributed by atoms with Crippen LogP contribution >= 0.6 is 0 Å². The fraction of sp³-hybridized carbons (Fsp3) is 0.188. The summed E-state index contributed by atoms with van der Waals surface area (Å²) in [6.45, 7) is 0. The quantitative estimate of drug-likeness (QED) is 0.622. The molecule has 0 radical (unpaired) electrons. The fourth-order valence-corrected chi connectivity index (χ4v) is 2.86. The van der Waals surface area contributed by atoms with Gasteiger partial charge in [0.2, 0.25) is 0 Å². The van der Waals surface area contributed by atoms with Crippen molar-refractivity contribution < 1.29 is 4.74 Å². The number of nitrogens with one attached hydrogen (secondary N) is 1. The third-order valence-corrected chi connectivity index (χ3v) is 3.74. The minimum Gasteiger partial charge on any atom is -0.364 e. The Morgan fingerprint density at radius 1 is 1.16 bits per heavy atom. The highest BCUT2D eigenvalue weighted by Crippen LogP contribution is 2.48. The molecule has 1 aromatic heterocycles. The molecule has 2 heterocycles. The molecule has 94 valence electrons. The van der Waals surface area contributed by atoms with E-state index in [4.69, 9.17) is 4.74 Å². The van der Waals surface area contributed by atoms with Gasteiger partial charge >= 0.3 is 0 Å². The van der Waals surface area contributed by atoms with Gasteiger partial charge in [-0.3, -0.25) is 0 Å². The highest BCUT2D eigenvalue weighted by Gasteiger charge is 2.44. The van der Waals surface area contributed by atoms with Gasteiger partial charge in [-0.1, -0.05) is 36.4 Å². The minimum atomic E-state index is 0.397. The number of H-pyrrole nitrogens is 1. The maximum absolute atomic E-state index is 5.65. The Labute approximate surface area is 111 Å². The van der Waals surface area contributed by atoms with Crippen LogP contribution in [0.2, 0.25) is 0 Å². The molecule has 3 nitrogen and oxygen atoms in total. The number of hydrogen-bond donors (Lipinski definition) is 1. The molecule has 2 unspecified atom stereocenters. The standard InChI is InChI=1S/C13H10O.C3H4N2/c1-3-8-4-2-6-10-12(8)9(5-1)7-11-13(10)14-11;1-2-5-3-4-1/h1-6,11,13H,7H2;1-3H,(H,4,5). The summed E-state index contributed by atoms with van der Waals surface area (Å²) in [5.41, 5.74) is 2.85. The number of hydrogen-bond acceptors (Lipinski definition) is 2. The van der Waals surface area contributed by atoms with E-state index in [0.29, 0.717) is 12.2 Å². The third-order valence-electron chi connectivity index (χ3n) is 3.74. The van der Waals surface area contributed by atoms with Crippen molar-refractivity contribution in [1.82, 2.24) is 9.97 Å². The number of nitrogens with zero attached hydrogens (tertiary/aromatic N) is 1. The molecule has 1 aliphatic heterocycles. The van der Waals surface area contributed by atoms with Crippen LogP contribution in [-0.4, -0.2) is 16.1 Å². The van der Waals surface area contributed by atoms with Crippen LogP contribution in [0.5, 0.6) is 0 Å². The SMILES string of the molecule is c1c[nH]cn1.c1cc2c3c(cccc3c1)C1OC1C2. The van der Waals surface area contributed by atoms with Crippen molar-refractivity contribution in [1.29, 1.82) is 0 Å². The maximum atomic E-state index is 5.65. The molecule has 2 atom stereocenters. The number of epoxide rings is 1. The molecule has 1 saturated heterocycles. The van der Waals surface area contributed by atoms with Crippen LogP contribution in [0.3, 0.4) is 0 Å². The van der Waals surface area contributed by atoms with E-state index in [0.717, 1.165) is 6.42 Å². The first-order valence-electron chi connectivity index (χ1n) is 6.52. The number of ether oxygens (including phenoxy) is 1. The van der Waals surface area contributed by atoms with Crippen molar-refractivity contribution in [3.05, 3.63) is 66.2 Å². The van der Waals surface area contributed by atoms with E-state index in [-0.39, 0.29) is 0 Å². The summed E-state index contributed by atoms with van der Waals surface area (Å²) >= 11 is 0. The number of aromatic nitrogens is 2. The Hall–Kier alpha value is -2.13. The van der Waals surface area contributed by atoms with Gasteiger partial charge in [0.25, 0.3) is 0 Å². The minimum absolute atomic E-state index is 0.397. The third kappa shape index (κ3) is 1.83. The number of rotatable bonds is 0. The summed E-state index contributed by atoms with van der Waals surface area (Å²) in [6, 6.07) is 13.1. The topological polar surface area (TPSA) is 41.2 Å². The molecule has 2 aromatic carbocycles. The lowest BCUT2D eigenvalue weighted by atomic mass is 9.89. The second-order valence-corrected chi connectivity index (χ2v) is 4.92. The summed E-state index contributed by atoms with van der Waals surface area (Å²) < 4.78 is 5.65. The molecule has 19 heavy (non-hydrogen) atoms. The monoisotopic (exact) mass is 250 g/mol. The Morgan fingerprint density at radius 3 is 2.79 bits per heavy atom. The van der Waals surface area contributed by atoms with Crippen LogP contribution in [-0.2, 0) is 11.2 Å². The van der Waals surface area contributed by atoms with Crippen LogP contribution in [0.4, 0.5) is 0 Å². The van der Waals surface area contributed by atoms with Crippen molar-refractivity contribution in [2.75, 3.05) is 0 Å². The number of aromatic amines is 1. The summed E-state index contributed by atoms with van der Waals surface area (Å²) in [5, 5.41) is 2.79. The summed E-state index contributed by atoms with van der Waals surface area (Å²) in [4.78, 5) is 6.42.